The summed E-state index contributed by atoms with van der Waals surface area (Å²) in [7, 11) is 0. The van der Waals surface area contributed by atoms with E-state index in [-0.39, 0.29) is 0 Å². The highest BCUT2D eigenvalue weighted by molar-refractivity contribution is 6.10. The minimum Gasteiger partial charge on any atom is -0.278 e. The van der Waals surface area contributed by atoms with Crippen LogP contribution in [-0.2, 0) is 5.41 Å². The van der Waals surface area contributed by atoms with Crippen LogP contribution in [0, 0.1) is 0 Å². The zero-order chi connectivity index (χ0) is 41.5. The van der Waals surface area contributed by atoms with E-state index in [2.05, 4.69) is 234 Å². The van der Waals surface area contributed by atoms with Crippen molar-refractivity contribution in [1.82, 2.24) is 24.1 Å². The van der Waals surface area contributed by atoms with Crippen molar-refractivity contribution in [2.75, 3.05) is 0 Å². The van der Waals surface area contributed by atoms with Crippen molar-refractivity contribution < 1.29 is 0 Å². The van der Waals surface area contributed by atoms with Gasteiger partial charge in [0.05, 0.1) is 27.5 Å². The molecule has 5 heteroatoms. The largest absolute Gasteiger partial charge is 0.278 e. The van der Waals surface area contributed by atoms with E-state index < -0.39 is 5.41 Å². The van der Waals surface area contributed by atoms with E-state index in [1.54, 1.807) is 0 Å². The van der Waals surface area contributed by atoms with Gasteiger partial charge >= 0.3 is 0 Å². The molecule has 3 aromatic heterocycles. The molecule has 63 heavy (non-hydrogen) atoms. The summed E-state index contributed by atoms with van der Waals surface area (Å²) in [6, 6.07) is 80.4. The van der Waals surface area contributed by atoms with Gasteiger partial charge in [-0.1, -0.05) is 200 Å². The van der Waals surface area contributed by atoms with Crippen molar-refractivity contribution in [1.29, 1.82) is 0 Å². The maximum absolute atomic E-state index is 5.49. The molecule has 1 aliphatic carbocycles. The van der Waals surface area contributed by atoms with Crippen molar-refractivity contribution in [3.05, 3.63) is 247 Å². The first-order valence-corrected chi connectivity index (χ1v) is 21.5. The number of hydrogen-bond donors (Lipinski definition) is 0. The van der Waals surface area contributed by atoms with Crippen LogP contribution in [0.5, 0.6) is 0 Å². The molecule has 13 rings (SSSR count). The van der Waals surface area contributed by atoms with Crippen LogP contribution in [-0.4, -0.2) is 24.1 Å². The summed E-state index contributed by atoms with van der Waals surface area (Å²) in [5.74, 6) is 1.70. The van der Waals surface area contributed by atoms with Gasteiger partial charge in [0, 0.05) is 27.1 Å². The predicted molar refractivity (Wildman–Crippen MR) is 257 cm³/mol. The molecule has 1 aliphatic rings. The smallest absolute Gasteiger partial charge is 0.240 e. The fourth-order valence-corrected chi connectivity index (χ4v) is 10.6. The molecule has 0 radical (unpaired) electrons. The van der Waals surface area contributed by atoms with Gasteiger partial charge in [0.25, 0.3) is 0 Å². The van der Waals surface area contributed by atoms with E-state index >= 15 is 0 Å². The molecule has 12 aromatic rings. The van der Waals surface area contributed by atoms with Crippen molar-refractivity contribution in [2.45, 2.75) is 5.41 Å². The summed E-state index contributed by atoms with van der Waals surface area (Å²) in [6.07, 6.45) is 0. The average molecular weight is 804 g/mol. The maximum Gasteiger partial charge on any atom is 0.240 e. The van der Waals surface area contributed by atoms with Crippen molar-refractivity contribution in [3.63, 3.8) is 0 Å². The van der Waals surface area contributed by atoms with Crippen LogP contribution in [0.25, 0.3) is 89.2 Å². The Morgan fingerprint density at radius 2 is 0.667 bits per heavy atom. The van der Waals surface area contributed by atoms with Crippen molar-refractivity contribution in [3.8, 4) is 45.5 Å². The molecule has 0 bridgehead atoms. The number of para-hydroxylation sites is 4. The lowest BCUT2D eigenvalue weighted by atomic mass is 9.67. The fraction of sp³-hybridized carbons (Fsp3) is 0.0172. The van der Waals surface area contributed by atoms with Crippen LogP contribution in [0.15, 0.2) is 224 Å². The quantitative estimate of drug-likeness (QED) is 0.168. The third kappa shape index (κ3) is 5.08. The molecule has 3 heterocycles. The molecule has 0 atom stereocenters. The molecular formula is C58H37N5. The Kier molecular flexibility index (Phi) is 7.75. The Morgan fingerprint density at radius 3 is 1.17 bits per heavy atom. The van der Waals surface area contributed by atoms with Gasteiger partial charge in [0.1, 0.15) is 0 Å². The lowest BCUT2D eigenvalue weighted by molar-refractivity contribution is 0.768. The zero-order valence-corrected chi connectivity index (χ0v) is 34.1. The average Bonchev–Trinajstić information content (AvgIpc) is 3.99. The first-order chi connectivity index (χ1) is 31.3. The van der Waals surface area contributed by atoms with Crippen LogP contribution >= 0.6 is 0 Å². The second kappa shape index (κ2) is 13.8. The van der Waals surface area contributed by atoms with E-state index in [9.17, 15) is 0 Å². The zero-order valence-electron chi connectivity index (χ0n) is 34.1. The number of fused-ring (bicyclic) bond motifs is 9. The Morgan fingerprint density at radius 1 is 0.286 bits per heavy atom. The molecule has 0 N–H and O–H groups in total. The number of aromatic nitrogens is 5. The SMILES string of the molecule is c1ccc(C2(c3ccccc3)c3ccccc3-c3c(-c4ccccc4-c4nc(-n5c6ccccc6c6ccccc65)nc(-n5c6ccccc6c6ccccc65)n4)cccc32)cc1. The minimum atomic E-state index is -0.528. The van der Waals surface area contributed by atoms with Crippen LogP contribution in [0.3, 0.4) is 0 Å². The van der Waals surface area contributed by atoms with Gasteiger partial charge in [-0.25, -0.2) is 0 Å². The Labute approximate surface area is 363 Å². The predicted octanol–water partition coefficient (Wildman–Crippen LogP) is 13.8. The molecule has 0 aliphatic heterocycles. The van der Waals surface area contributed by atoms with Crippen LogP contribution in [0.2, 0.25) is 0 Å². The van der Waals surface area contributed by atoms with Gasteiger partial charge in [0.2, 0.25) is 11.9 Å². The molecule has 294 valence electrons. The third-order valence-corrected chi connectivity index (χ3v) is 13.1. The molecule has 0 saturated heterocycles. The van der Waals surface area contributed by atoms with E-state index in [1.165, 1.54) is 33.4 Å². The highest BCUT2D eigenvalue weighted by Gasteiger charge is 2.46. The van der Waals surface area contributed by atoms with E-state index in [1.807, 2.05) is 0 Å². The van der Waals surface area contributed by atoms with Crippen molar-refractivity contribution in [2.24, 2.45) is 0 Å². The summed E-state index contributed by atoms with van der Waals surface area (Å²) in [5.41, 5.74) is 14.1. The number of benzene rings is 9. The fourth-order valence-electron chi connectivity index (χ4n) is 10.6. The highest BCUT2D eigenvalue weighted by Crippen LogP contribution is 2.58. The summed E-state index contributed by atoms with van der Waals surface area (Å²) in [5, 5.41) is 4.58. The normalized spacial score (nSPS) is 12.9. The Balaban J connectivity index is 1.11. The molecule has 0 saturated carbocycles. The van der Waals surface area contributed by atoms with Crippen LogP contribution in [0.4, 0.5) is 0 Å². The summed E-state index contributed by atoms with van der Waals surface area (Å²) in [4.78, 5) is 16.4. The molecule has 5 nitrogen and oxygen atoms in total. The first kappa shape index (κ1) is 35.4. The highest BCUT2D eigenvalue weighted by atomic mass is 15.3. The monoisotopic (exact) mass is 803 g/mol. The summed E-state index contributed by atoms with van der Waals surface area (Å²) < 4.78 is 4.39. The van der Waals surface area contributed by atoms with Gasteiger partial charge in [-0.15, -0.1) is 0 Å². The topological polar surface area (TPSA) is 48.5 Å². The van der Waals surface area contributed by atoms with Gasteiger partial charge < -0.3 is 0 Å². The van der Waals surface area contributed by atoms with Crippen molar-refractivity contribution >= 4 is 43.6 Å². The van der Waals surface area contributed by atoms with Gasteiger partial charge in [-0.05, 0) is 68.8 Å². The van der Waals surface area contributed by atoms with Crippen LogP contribution < -0.4 is 0 Å². The summed E-state index contributed by atoms with van der Waals surface area (Å²) in [6.45, 7) is 0. The summed E-state index contributed by atoms with van der Waals surface area (Å²) >= 11 is 0. The van der Waals surface area contributed by atoms with E-state index in [0.29, 0.717) is 17.7 Å². The molecule has 0 fully saturated rings. The number of nitrogens with zero attached hydrogens (tertiary/aromatic N) is 5. The Bertz CT molecular complexity index is 3470. The molecule has 9 aromatic carbocycles. The number of hydrogen-bond acceptors (Lipinski definition) is 3. The lowest BCUT2D eigenvalue weighted by Gasteiger charge is -2.34. The van der Waals surface area contributed by atoms with Gasteiger partial charge in [-0.2, -0.15) is 15.0 Å². The maximum atomic E-state index is 5.49. The van der Waals surface area contributed by atoms with E-state index in [0.717, 1.165) is 60.3 Å². The lowest BCUT2D eigenvalue weighted by Crippen LogP contribution is -2.28. The molecule has 0 unspecified atom stereocenters. The Hall–Kier alpha value is -8.41. The molecule has 0 spiro atoms. The molecular weight excluding hydrogens is 767 g/mol. The van der Waals surface area contributed by atoms with Gasteiger partial charge in [-0.3, -0.25) is 9.13 Å². The van der Waals surface area contributed by atoms with E-state index in [4.69, 9.17) is 15.0 Å². The number of rotatable bonds is 6. The minimum absolute atomic E-state index is 0.528. The standard InChI is InChI=1S/C58H37N5/c1-3-20-38(21-4-1)58(39-22-5-2-6-23-39)48-32-14-9-30-47(48)54-45(31-19-33-49(54)58)40-24-7-8-29-46(40)55-59-56(62-50-34-15-10-25-41(50)42-26-11-16-35-51(42)62)61-57(60-55)63-52-36-17-12-27-43(52)44-28-13-18-37-53(44)63/h1-37H. The third-order valence-electron chi connectivity index (χ3n) is 13.1. The second-order valence-electron chi connectivity index (χ2n) is 16.3. The second-order valence-corrected chi connectivity index (χ2v) is 16.3. The van der Waals surface area contributed by atoms with Gasteiger partial charge in [0.15, 0.2) is 5.82 Å². The first-order valence-electron chi connectivity index (χ1n) is 21.5. The van der Waals surface area contributed by atoms with Crippen LogP contribution in [0.1, 0.15) is 22.3 Å². The molecule has 0 amide bonds.